The molecule has 0 atom stereocenters. The first-order chi connectivity index (χ1) is 12.7. The van der Waals surface area contributed by atoms with Gasteiger partial charge in [-0.1, -0.05) is 12.1 Å². The molecule has 0 aliphatic carbocycles. The number of guanidine groups is 1. The van der Waals surface area contributed by atoms with Crippen LogP contribution in [0.25, 0.3) is 0 Å². The molecule has 1 aromatic carbocycles. The molecule has 0 saturated carbocycles. The van der Waals surface area contributed by atoms with Gasteiger partial charge in [0.1, 0.15) is 5.82 Å². The van der Waals surface area contributed by atoms with Gasteiger partial charge in [-0.15, -0.1) is 24.0 Å². The smallest absolute Gasteiger partial charge is 0.252 e. The number of amides is 1. The first-order valence-electron chi connectivity index (χ1n) is 8.64. The summed E-state index contributed by atoms with van der Waals surface area (Å²) in [6.45, 7) is 4.25. The van der Waals surface area contributed by atoms with Crippen LogP contribution in [-0.4, -0.2) is 43.0 Å². The molecule has 2 rings (SSSR count). The SMILES string of the molecule is CCNC(=NCCc1cccc(F)c1)NCCNC(=O)c1cccnc1.I. The van der Waals surface area contributed by atoms with Crippen LogP contribution in [0.2, 0.25) is 0 Å². The van der Waals surface area contributed by atoms with E-state index < -0.39 is 0 Å². The quantitative estimate of drug-likeness (QED) is 0.232. The number of benzene rings is 1. The molecule has 146 valence electrons. The Labute approximate surface area is 176 Å². The average Bonchev–Trinajstić information content (AvgIpc) is 2.65. The van der Waals surface area contributed by atoms with E-state index in [9.17, 15) is 9.18 Å². The molecule has 1 aromatic heterocycles. The monoisotopic (exact) mass is 485 g/mol. The van der Waals surface area contributed by atoms with Gasteiger partial charge in [0, 0.05) is 38.6 Å². The maximum Gasteiger partial charge on any atom is 0.252 e. The van der Waals surface area contributed by atoms with Crippen LogP contribution in [0.15, 0.2) is 53.8 Å². The number of aromatic nitrogens is 1. The molecular formula is C19H25FIN5O. The fraction of sp³-hybridized carbons (Fsp3) is 0.316. The molecule has 6 nitrogen and oxygen atoms in total. The van der Waals surface area contributed by atoms with Crippen molar-refractivity contribution < 1.29 is 9.18 Å². The Kier molecular flexibility index (Phi) is 11.0. The third-order valence-electron chi connectivity index (χ3n) is 3.53. The van der Waals surface area contributed by atoms with E-state index in [4.69, 9.17) is 0 Å². The van der Waals surface area contributed by atoms with Gasteiger partial charge < -0.3 is 16.0 Å². The largest absolute Gasteiger partial charge is 0.357 e. The summed E-state index contributed by atoms with van der Waals surface area (Å²) in [5.41, 5.74) is 1.44. The van der Waals surface area contributed by atoms with E-state index in [1.807, 2.05) is 13.0 Å². The summed E-state index contributed by atoms with van der Waals surface area (Å²) in [7, 11) is 0. The van der Waals surface area contributed by atoms with E-state index in [1.54, 1.807) is 24.4 Å². The van der Waals surface area contributed by atoms with Crippen molar-refractivity contribution in [2.75, 3.05) is 26.2 Å². The second kappa shape index (κ2) is 13.0. The fourth-order valence-electron chi connectivity index (χ4n) is 2.29. The number of rotatable bonds is 8. The predicted octanol–water partition coefficient (Wildman–Crippen LogP) is 2.37. The van der Waals surface area contributed by atoms with Crippen molar-refractivity contribution in [1.82, 2.24) is 20.9 Å². The van der Waals surface area contributed by atoms with Crippen molar-refractivity contribution in [3.8, 4) is 0 Å². The van der Waals surface area contributed by atoms with Crippen molar-refractivity contribution in [2.24, 2.45) is 4.99 Å². The van der Waals surface area contributed by atoms with E-state index in [1.165, 1.54) is 18.3 Å². The molecule has 2 aromatic rings. The Morgan fingerprint density at radius 3 is 2.67 bits per heavy atom. The molecular weight excluding hydrogens is 460 g/mol. The number of carbonyl (C=O) groups is 1. The van der Waals surface area contributed by atoms with Crippen LogP contribution in [0.5, 0.6) is 0 Å². The van der Waals surface area contributed by atoms with Crippen molar-refractivity contribution >= 4 is 35.8 Å². The highest BCUT2D eigenvalue weighted by Crippen LogP contribution is 2.04. The molecule has 1 amide bonds. The van der Waals surface area contributed by atoms with E-state index in [2.05, 4.69) is 25.9 Å². The highest BCUT2D eigenvalue weighted by Gasteiger charge is 2.04. The van der Waals surface area contributed by atoms with Crippen molar-refractivity contribution in [3.63, 3.8) is 0 Å². The lowest BCUT2D eigenvalue weighted by molar-refractivity contribution is 0.0954. The zero-order valence-corrected chi connectivity index (χ0v) is 17.6. The summed E-state index contributed by atoms with van der Waals surface area (Å²) in [5.74, 6) is 0.272. The van der Waals surface area contributed by atoms with Crippen LogP contribution in [-0.2, 0) is 6.42 Å². The Balaban J connectivity index is 0.00000364. The molecule has 0 bridgehead atoms. The van der Waals surface area contributed by atoms with Crippen molar-refractivity contribution in [3.05, 3.63) is 65.7 Å². The van der Waals surface area contributed by atoms with Crippen molar-refractivity contribution in [1.29, 1.82) is 0 Å². The van der Waals surface area contributed by atoms with E-state index >= 15 is 0 Å². The topological polar surface area (TPSA) is 78.4 Å². The molecule has 0 fully saturated rings. The minimum Gasteiger partial charge on any atom is -0.357 e. The molecule has 0 radical (unpaired) electrons. The van der Waals surface area contributed by atoms with Gasteiger partial charge in [-0.25, -0.2) is 4.39 Å². The zero-order chi connectivity index (χ0) is 18.6. The number of hydrogen-bond acceptors (Lipinski definition) is 3. The van der Waals surface area contributed by atoms with Crippen LogP contribution >= 0.6 is 24.0 Å². The molecule has 0 unspecified atom stereocenters. The maximum atomic E-state index is 13.2. The average molecular weight is 485 g/mol. The number of pyridine rings is 1. The number of aliphatic imine (C=N–C) groups is 1. The number of nitrogens with one attached hydrogen (secondary N) is 3. The second-order valence-corrected chi connectivity index (χ2v) is 5.56. The van der Waals surface area contributed by atoms with Crippen LogP contribution < -0.4 is 16.0 Å². The van der Waals surface area contributed by atoms with Gasteiger partial charge in [-0.05, 0) is 43.2 Å². The van der Waals surface area contributed by atoms with Gasteiger partial charge in [0.05, 0.1) is 5.56 Å². The highest BCUT2D eigenvalue weighted by atomic mass is 127. The maximum absolute atomic E-state index is 13.2. The molecule has 0 aliphatic rings. The highest BCUT2D eigenvalue weighted by molar-refractivity contribution is 14.0. The lowest BCUT2D eigenvalue weighted by Crippen LogP contribution is -2.41. The lowest BCUT2D eigenvalue weighted by Gasteiger charge is -2.12. The van der Waals surface area contributed by atoms with Crippen LogP contribution in [0, 0.1) is 5.82 Å². The second-order valence-electron chi connectivity index (χ2n) is 5.56. The molecule has 1 heterocycles. The van der Waals surface area contributed by atoms with Crippen LogP contribution in [0.1, 0.15) is 22.8 Å². The zero-order valence-electron chi connectivity index (χ0n) is 15.2. The lowest BCUT2D eigenvalue weighted by atomic mass is 10.1. The molecule has 27 heavy (non-hydrogen) atoms. The fourth-order valence-corrected chi connectivity index (χ4v) is 2.29. The molecule has 0 aliphatic heterocycles. The summed E-state index contributed by atoms with van der Waals surface area (Å²) in [5, 5.41) is 9.12. The first-order valence-corrected chi connectivity index (χ1v) is 8.64. The van der Waals surface area contributed by atoms with E-state index in [0.717, 1.165) is 12.1 Å². The standard InChI is InChI=1S/C19H24FN5O.HI/c1-2-22-19(24-10-8-15-5-3-7-17(20)13-15)25-12-11-23-18(26)16-6-4-9-21-14-16;/h3-7,9,13-14H,2,8,10-12H2,1H3,(H,23,26)(H2,22,24,25);1H. The van der Waals surface area contributed by atoms with Crippen LogP contribution in [0.4, 0.5) is 4.39 Å². The third kappa shape index (κ3) is 8.80. The van der Waals surface area contributed by atoms with Gasteiger partial charge >= 0.3 is 0 Å². The minimum atomic E-state index is -0.235. The summed E-state index contributed by atoms with van der Waals surface area (Å²) in [6, 6.07) is 9.97. The Morgan fingerprint density at radius 2 is 1.96 bits per heavy atom. The first kappa shape index (κ1) is 22.8. The van der Waals surface area contributed by atoms with E-state index in [0.29, 0.717) is 37.6 Å². The number of carbonyl (C=O) groups excluding carboxylic acids is 1. The normalized spacial score (nSPS) is 10.7. The number of halogens is 2. The summed E-state index contributed by atoms with van der Waals surface area (Å²) in [4.78, 5) is 20.3. The van der Waals surface area contributed by atoms with Gasteiger partial charge in [-0.3, -0.25) is 14.8 Å². The van der Waals surface area contributed by atoms with Gasteiger partial charge in [0.2, 0.25) is 0 Å². The molecule has 3 N–H and O–H groups in total. The number of nitrogens with zero attached hydrogens (tertiary/aromatic N) is 2. The molecule has 0 spiro atoms. The summed E-state index contributed by atoms with van der Waals surface area (Å²) >= 11 is 0. The molecule has 0 saturated heterocycles. The third-order valence-corrected chi connectivity index (χ3v) is 3.53. The Morgan fingerprint density at radius 1 is 1.15 bits per heavy atom. The Bertz CT molecular complexity index is 727. The molecule has 8 heteroatoms. The summed E-state index contributed by atoms with van der Waals surface area (Å²) < 4.78 is 13.2. The van der Waals surface area contributed by atoms with Crippen molar-refractivity contribution in [2.45, 2.75) is 13.3 Å². The van der Waals surface area contributed by atoms with Gasteiger partial charge in [-0.2, -0.15) is 0 Å². The summed E-state index contributed by atoms with van der Waals surface area (Å²) in [6.07, 6.45) is 3.81. The minimum absolute atomic E-state index is 0. The van der Waals surface area contributed by atoms with E-state index in [-0.39, 0.29) is 35.7 Å². The number of hydrogen-bond donors (Lipinski definition) is 3. The predicted molar refractivity (Wildman–Crippen MR) is 116 cm³/mol. The van der Waals surface area contributed by atoms with Crippen LogP contribution in [0.3, 0.4) is 0 Å². The van der Waals surface area contributed by atoms with Gasteiger partial charge in [0.25, 0.3) is 5.91 Å². The van der Waals surface area contributed by atoms with Gasteiger partial charge in [0.15, 0.2) is 5.96 Å². The Hall–Kier alpha value is -2.23.